The lowest BCUT2D eigenvalue weighted by Crippen LogP contribution is -2.34. The molecule has 1 aliphatic heterocycles. The molecule has 0 spiro atoms. The summed E-state index contributed by atoms with van der Waals surface area (Å²) >= 11 is 0. The van der Waals surface area contributed by atoms with Crippen molar-refractivity contribution in [2.24, 2.45) is 0 Å². The van der Waals surface area contributed by atoms with E-state index in [-0.39, 0.29) is 0 Å². The van der Waals surface area contributed by atoms with Gasteiger partial charge in [-0.3, -0.25) is 9.88 Å². The number of likely N-dealkylation sites (tertiary alicyclic amines) is 1. The highest BCUT2D eigenvalue weighted by molar-refractivity contribution is 5.81. The minimum Gasteiger partial charge on any atom is -0.425 e. The van der Waals surface area contributed by atoms with Crippen LogP contribution in [0.5, 0.6) is 0 Å². The van der Waals surface area contributed by atoms with E-state index in [1.54, 1.807) is 0 Å². The Morgan fingerprint density at radius 2 is 2.17 bits per heavy atom. The number of pyridine rings is 1. The van der Waals surface area contributed by atoms with Gasteiger partial charge in [-0.15, -0.1) is 10.2 Å². The molecule has 1 aliphatic rings. The highest BCUT2D eigenvalue weighted by Gasteiger charge is 2.25. The lowest BCUT2D eigenvalue weighted by molar-refractivity contribution is 0.186. The van der Waals surface area contributed by atoms with Crippen LogP contribution in [0.15, 0.2) is 40.9 Å². The molecule has 0 saturated carbocycles. The van der Waals surface area contributed by atoms with E-state index in [2.05, 4.69) is 44.3 Å². The monoisotopic (exact) mass is 308 g/mol. The number of fused-ring (bicyclic) bond motifs is 1. The van der Waals surface area contributed by atoms with Crippen molar-refractivity contribution in [3.63, 3.8) is 0 Å². The molecule has 3 heterocycles. The van der Waals surface area contributed by atoms with Crippen molar-refractivity contribution in [2.45, 2.75) is 32.2 Å². The quantitative estimate of drug-likeness (QED) is 0.743. The smallest absolute Gasteiger partial charge is 0.220 e. The number of rotatable bonds is 3. The Morgan fingerprint density at radius 1 is 1.22 bits per heavy atom. The Labute approximate surface area is 135 Å². The van der Waals surface area contributed by atoms with Crippen LogP contribution >= 0.6 is 0 Å². The predicted molar refractivity (Wildman–Crippen MR) is 88.0 cm³/mol. The summed E-state index contributed by atoms with van der Waals surface area (Å²) in [6, 6.07) is 10.5. The average molecular weight is 308 g/mol. The van der Waals surface area contributed by atoms with Crippen molar-refractivity contribution in [3.8, 4) is 0 Å². The van der Waals surface area contributed by atoms with Gasteiger partial charge in [0, 0.05) is 31.6 Å². The molecule has 5 nitrogen and oxygen atoms in total. The lowest BCUT2D eigenvalue weighted by Gasteiger charge is -2.31. The third kappa shape index (κ3) is 2.97. The minimum atomic E-state index is 0.345. The molecular formula is C18H20N4O. The molecule has 3 aromatic rings. The molecule has 5 heteroatoms. The first-order chi connectivity index (χ1) is 11.3. The first-order valence-electron chi connectivity index (χ1n) is 8.14. The number of benzene rings is 1. The zero-order valence-electron chi connectivity index (χ0n) is 13.3. The molecule has 1 saturated heterocycles. The fourth-order valence-electron chi connectivity index (χ4n) is 3.42. The number of aryl methyl sites for hydroxylation is 1. The van der Waals surface area contributed by atoms with Crippen LogP contribution in [0.1, 0.15) is 36.1 Å². The van der Waals surface area contributed by atoms with Crippen LogP contribution in [-0.2, 0) is 6.54 Å². The van der Waals surface area contributed by atoms with Gasteiger partial charge in [0.25, 0.3) is 0 Å². The number of nitrogens with zero attached hydrogens (tertiary/aromatic N) is 4. The largest absolute Gasteiger partial charge is 0.425 e. The summed E-state index contributed by atoms with van der Waals surface area (Å²) in [6.07, 6.45) is 4.13. The zero-order valence-corrected chi connectivity index (χ0v) is 13.3. The molecule has 4 rings (SSSR count). The van der Waals surface area contributed by atoms with Gasteiger partial charge < -0.3 is 4.42 Å². The summed E-state index contributed by atoms with van der Waals surface area (Å²) in [5.41, 5.74) is 2.39. The van der Waals surface area contributed by atoms with Crippen molar-refractivity contribution >= 4 is 10.9 Å². The average Bonchev–Trinajstić information content (AvgIpc) is 3.02. The second-order valence-electron chi connectivity index (χ2n) is 6.22. The van der Waals surface area contributed by atoms with Gasteiger partial charge in [0.15, 0.2) is 0 Å². The molecule has 1 fully saturated rings. The van der Waals surface area contributed by atoms with Gasteiger partial charge in [-0.25, -0.2) is 0 Å². The maximum absolute atomic E-state index is 5.63. The second kappa shape index (κ2) is 6.08. The maximum Gasteiger partial charge on any atom is 0.220 e. The van der Waals surface area contributed by atoms with E-state index < -0.39 is 0 Å². The van der Waals surface area contributed by atoms with E-state index in [9.17, 15) is 0 Å². The molecule has 0 N–H and O–H groups in total. The van der Waals surface area contributed by atoms with Gasteiger partial charge in [0.1, 0.15) is 0 Å². The Balaban J connectivity index is 1.54. The molecule has 0 amide bonds. The van der Waals surface area contributed by atoms with Crippen LogP contribution < -0.4 is 0 Å². The summed E-state index contributed by atoms with van der Waals surface area (Å²) in [5.74, 6) is 1.78. The Kier molecular flexibility index (Phi) is 3.79. The zero-order chi connectivity index (χ0) is 15.6. The molecule has 1 atom stereocenters. The van der Waals surface area contributed by atoms with Gasteiger partial charge in [-0.2, -0.15) is 0 Å². The van der Waals surface area contributed by atoms with Crippen LogP contribution in [0, 0.1) is 6.92 Å². The molecule has 0 bridgehead atoms. The first kappa shape index (κ1) is 14.3. The van der Waals surface area contributed by atoms with Crippen molar-refractivity contribution in [1.29, 1.82) is 0 Å². The molecule has 1 aromatic carbocycles. The van der Waals surface area contributed by atoms with Crippen molar-refractivity contribution in [3.05, 3.63) is 53.9 Å². The SMILES string of the molecule is Cc1nnc([C@H]2CCCN(Cc3cccc4ncccc34)C2)o1. The highest BCUT2D eigenvalue weighted by atomic mass is 16.4. The number of piperidine rings is 1. The van der Waals surface area contributed by atoms with Crippen molar-refractivity contribution in [1.82, 2.24) is 20.1 Å². The third-order valence-electron chi connectivity index (χ3n) is 4.53. The molecule has 2 aromatic heterocycles. The molecule has 23 heavy (non-hydrogen) atoms. The highest BCUT2D eigenvalue weighted by Crippen LogP contribution is 2.28. The van der Waals surface area contributed by atoms with Gasteiger partial charge in [-0.1, -0.05) is 18.2 Å². The fourth-order valence-corrected chi connectivity index (χ4v) is 3.42. The first-order valence-corrected chi connectivity index (χ1v) is 8.14. The normalized spacial score (nSPS) is 19.3. The topological polar surface area (TPSA) is 55.1 Å². The molecule has 0 aliphatic carbocycles. The summed E-state index contributed by atoms with van der Waals surface area (Å²) in [7, 11) is 0. The fraction of sp³-hybridized carbons (Fsp3) is 0.389. The lowest BCUT2D eigenvalue weighted by atomic mass is 9.97. The predicted octanol–water partition coefficient (Wildman–Crippen LogP) is 3.31. The summed E-state index contributed by atoms with van der Waals surface area (Å²) in [4.78, 5) is 6.93. The van der Waals surface area contributed by atoms with Crippen molar-refractivity contribution in [2.75, 3.05) is 13.1 Å². The molecule has 0 unspecified atom stereocenters. The van der Waals surface area contributed by atoms with E-state index in [0.717, 1.165) is 43.9 Å². The maximum atomic E-state index is 5.63. The molecule has 118 valence electrons. The number of hydrogen-bond donors (Lipinski definition) is 0. The van der Waals surface area contributed by atoms with Crippen LogP contribution in [0.25, 0.3) is 10.9 Å². The second-order valence-corrected chi connectivity index (χ2v) is 6.22. The van der Waals surface area contributed by atoms with E-state index in [1.807, 2.05) is 19.2 Å². The van der Waals surface area contributed by atoms with Gasteiger partial charge in [0.2, 0.25) is 11.8 Å². The Morgan fingerprint density at radius 3 is 3.04 bits per heavy atom. The van der Waals surface area contributed by atoms with Crippen molar-refractivity contribution < 1.29 is 4.42 Å². The summed E-state index contributed by atoms with van der Waals surface area (Å²) < 4.78 is 5.63. The van der Waals surface area contributed by atoms with Crippen LogP contribution in [0.3, 0.4) is 0 Å². The minimum absolute atomic E-state index is 0.345. The van der Waals surface area contributed by atoms with Crippen LogP contribution in [-0.4, -0.2) is 33.2 Å². The van der Waals surface area contributed by atoms with Crippen LogP contribution in [0.4, 0.5) is 0 Å². The third-order valence-corrected chi connectivity index (χ3v) is 4.53. The van der Waals surface area contributed by atoms with Gasteiger partial charge in [0.05, 0.1) is 11.4 Å². The number of hydrogen-bond acceptors (Lipinski definition) is 5. The van der Waals surface area contributed by atoms with E-state index in [0.29, 0.717) is 11.8 Å². The molecule has 0 radical (unpaired) electrons. The van der Waals surface area contributed by atoms with Gasteiger partial charge >= 0.3 is 0 Å². The van der Waals surface area contributed by atoms with Crippen LogP contribution in [0.2, 0.25) is 0 Å². The standard InChI is InChI=1S/C18H20N4O/c1-13-20-21-18(23-13)15-6-4-10-22(12-15)11-14-5-2-8-17-16(14)7-3-9-19-17/h2-3,5,7-9,15H,4,6,10-12H2,1H3/t15-/m0/s1. The summed E-state index contributed by atoms with van der Waals surface area (Å²) in [6.45, 7) is 4.87. The Bertz CT molecular complexity index is 808. The Hall–Kier alpha value is -2.27. The molecular weight excluding hydrogens is 288 g/mol. The number of aromatic nitrogens is 3. The van der Waals surface area contributed by atoms with Gasteiger partial charge in [-0.05, 0) is 37.1 Å². The van der Waals surface area contributed by atoms with E-state index in [4.69, 9.17) is 4.42 Å². The van der Waals surface area contributed by atoms with E-state index in [1.165, 1.54) is 10.9 Å². The van der Waals surface area contributed by atoms with E-state index >= 15 is 0 Å². The summed E-state index contributed by atoms with van der Waals surface area (Å²) in [5, 5.41) is 9.42.